The zero-order valence-electron chi connectivity index (χ0n) is 18.1. The molecule has 1 amide bonds. The van der Waals surface area contributed by atoms with Gasteiger partial charge in [0.2, 0.25) is 0 Å². The van der Waals surface area contributed by atoms with E-state index in [0.717, 1.165) is 11.1 Å². The number of pyridine rings is 1. The van der Waals surface area contributed by atoms with Crippen molar-refractivity contribution in [1.29, 1.82) is 0 Å². The molecule has 0 bridgehead atoms. The molecule has 0 fully saturated rings. The standard InChI is InChI=1S/C25H18F3N5O2/c26-21-9-16(22-13-29-23-7-5-17(14-33(22)23)18-11-31-32-12-18)4-6-20(21)24(34)30-10-15-2-1-3-19(8-15)35-25(27)28/h1-9,11-14,25H,10H2,(H,30,34)(H,31,32). The van der Waals surface area contributed by atoms with Crippen molar-refractivity contribution in [3.8, 4) is 28.1 Å². The SMILES string of the molecule is O=C(NCc1cccc(OC(F)F)c1)c1ccc(-c2cnc3ccc(-c4cn[nH]c4)cn23)cc1F. The quantitative estimate of drug-likeness (QED) is 0.343. The number of fused-ring (bicyclic) bond motifs is 1. The molecule has 7 nitrogen and oxygen atoms in total. The van der Waals surface area contributed by atoms with Crippen LogP contribution in [0.15, 0.2) is 79.4 Å². The van der Waals surface area contributed by atoms with Crippen LogP contribution in [0.25, 0.3) is 28.0 Å². The number of nitrogens with zero attached hydrogens (tertiary/aromatic N) is 3. The van der Waals surface area contributed by atoms with Crippen molar-refractivity contribution < 1.29 is 22.7 Å². The molecular formula is C25H18F3N5O2. The molecule has 3 heterocycles. The number of amides is 1. The molecule has 176 valence electrons. The Morgan fingerprint density at radius 1 is 1.06 bits per heavy atom. The Morgan fingerprint density at radius 3 is 2.69 bits per heavy atom. The number of rotatable bonds is 7. The molecule has 0 unspecified atom stereocenters. The van der Waals surface area contributed by atoms with Gasteiger partial charge in [-0.3, -0.25) is 14.3 Å². The number of halogens is 3. The lowest BCUT2D eigenvalue weighted by atomic mass is 10.1. The molecule has 2 aromatic carbocycles. The number of ether oxygens (including phenoxy) is 1. The summed E-state index contributed by atoms with van der Waals surface area (Å²) in [6.45, 7) is -2.93. The van der Waals surface area contributed by atoms with Gasteiger partial charge in [0.15, 0.2) is 0 Å². The van der Waals surface area contributed by atoms with Gasteiger partial charge >= 0.3 is 6.61 Å². The molecule has 35 heavy (non-hydrogen) atoms. The average Bonchev–Trinajstić information content (AvgIpc) is 3.52. The summed E-state index contributed by atoms with van der Waals surface area (Å²) in [6.07, 6.45) is 6.99. The molecular weight excluding hydrogens is 459 g/mol. The van der Waals surface area contributed by atoms with Crippen LogP contribution in [-0.4, -0.2) is 32.1 Å². The summed E-state index contributed by atoms with van der Waals surface area (Å²) in [5, 5.41) is 9.33. The second kappa shape index (κ2) is 9.34. The van der Waals surface area contributed by atoms with Crippen molar-refractivity contribution in [2.75, 3.05) is 0 Å². The lowest BCUT2D eigenvalue weighted by molar-refractivity contribution is -0.0498. The van der Waals surface area contributed by atoms with E-state index < -0.39 is 18.3 Å². The Bertz CT molecular complexity index is 1500. The highest BCUT2D eigenvalue weighted by atomic mass is 19.3. The second-order valence-electron chi connectivity index (χ2n) is 7.68. The first-order chi connectivity index (χ1) is 17.0. The third-order valence-electron chi connectivity index (χ3n) is 5.42. The maximum absolute atomic E-state index is 14.9. The van der Waals surface area contributed by atoms with E-state index in [1.807, 2.05) is 22.7 Å². The molecule has 0 spiro atoms. The number of imidazole rings is 1. The Morgan fingerprint density at radius 2 is 1.91 bits per heavy atom. The summed E-state index contributed by atoms with van der Waals surface area (Å²) in [5.41, 5.74) is 4.10. The molecule has 0 aliphatic heterocycles. The van der Waals surface area contributed by atoms with E-state index in [-0.39, 0.29) is 17.9 Å². The van der Waals surface area contributed by atoms with E-state index in [9.17, 15) is 18.0 Å². The minimum atomic E-state index is -2.95. The van der Waals surface area contributed by atoms with Crippen LogP contribution in [0.1, 0.15) is 15.9 Å². The van der Waals surface area contributed by atoms with Crippen LogP contribution in [0.2, 0.25) is 0 Å². The van der Waals surface area contributed by atoms with E-state index in [2.05, 4.69) is 25.2 Å². The number of carbonyl (C=O) groups excluding carboxylic acids is 1. The van der Waals surface area contributed by atoms with Gasteiger partial charge in [0, 0.05) is 35.6 Å². The molecule has 5 rings (SSSR count). The van der Waals surface area contributed by atoms with Gasteiger partial charge in [-0.1, -0.05) is 18.2 Å². The number of alkyl halides is 2. The fraction of sp³-hybridized carbons (Fsp3) is 0.0800. The number of hydrogen-bond donors (Lipinski definition) is 2. The number of nitrogens with one attached hydrogen (secondary N) is 2. The van der Waals surface area contributed by atoms with Gasteiger partial charge in [0.25, 0.3) is 5.91 Å². The number of hydrogen-bond acceptors (Lipinski definition) is 4. The van der Waals surface area contributed by atoms with E-state index in [1.165, 1.54) is 30.3 Å². The van der Waals surface area contributed by atoms with Crippen LogP contribution in [0.3, 0.4) is 0 Å². The average molecular weight is 477 g/mol. The van der Waals surface area contributed by atoms with Gasteiger partial charge in [-0.15, -0.1) is 0 Å². The van der Waals surface area contributed by atoms with Gasteiger partial charge in [-0.2, -0.15) is 13.9 Å². The zero-order chi connectivity index (χ0) is 24.4. The van der Waals surface area contributed by atoms with Gasteiger partial charge in [0.05, 0.1) is 23.7 Å². The third kappa shape index (κ3) is 4.72. The first-order valence-corrected chi connectivity index (χ1v) is 10.6. The summed E-state index contributed by atoms with van der Waals surface area (Å²) in [6, 6.07) is 14.0. The molecule has 3 aromatic heterocycles. The van der Waals surface area contributed by atoms with Gasteiger partial charge in [-0.05, 0) is 42.0 Å². The van der Waals surface area contributed by atoms with E-state index in [4.69, 9.17) is 0 Å². The Labute approximate surface area is 197 Å². The number of carbonyl (C=O) groups is 1. The highest BCUT2D eigenvalue weighted by Crippen LogP contribution is 2.26. The van der Waals surface area contributed by atoms with Crippen molar-refractivity contribution in [2.24, 2.45) is 0 Å². The Balaban J connectivity index is 1.35. The van der Waals surface area contributed by atoms with E-state index >= 15 is 0 Å². The summed E-state index contributed by atoms with van der Waals surface area (Å²) >= 11 is 0. The largest absolute Gasteiger partial charge is 0.435 e. The van der Waals surface area contributed by atoms with Crippen molar-refractivity contribution in [3.63, 3.8) is 0 Å². The van der Waals surface area contributed by atoms with Crippen LogP contribution in [0.5, 0.6) is 5.75 Å². The molecule has 2 N–H and O–H groups in total. The van der Waals surface area contributed by atoms with Gasteiger partial charge < -0.3 is 10.1 Å². The monoisotopic (exact) mass is 477 g/mol. The number of benzene rings is 2. The minimum absolute atomic E-state index is 0.0184. The summed E-state index contributed by atoms with van der Waals surface area (Å²) in [7, 11) is 0. The number of H-pyrrole nitrogens is 1. The topological polar surface area (TPSA) is 84.3 Å². The summed E-state index contributed by atoms with van der Waals surface area (Å²) in [5.74, 6) is -1.35. The first-order valence-electron chi connectivity index (χ1n) is 10.6. The maximum Gasteiger partial charge on any atom is 0.387 e. The van der Waals surface area contributed by atoms with Crippen LogP contribution in [0, 0.1) is 5.82 Å². The molecule has 0 radical (unpaired) electrons. The normalized spacial score (nSPS) is 11.2. The maximum atomic E-state index is 14.9. The van der Waals surface area contributed by atoms with Crippen molar-refractivity contribution in [3.05, 3.63) is 96.3 Å². The third-order valence-corrected chi connectivity index (χ3v) is 5.42. The van der Waals surface area contributed by atoms with Crippen LogP contribution < -0.4 is 10.1 Å². The smallest absolute Gasteiger partial charge is 0.387 e. The van der Waals surface area contributed by atoms with Crippen LogP contribution >= 0.6 is 0 Å². The number of aromatic nitrogens is 4. The molecule has 0 aliphatic carbocycles. The molecule has 0 saturated carbocycles. The Kier molecular flexibility index (Phi) is 5.92. The predicted octanol–water partition coefficient (Wildman–Crippen LogP) is 5.06. The fourth-order valence-corrected chi connectivity index (χ4v) is 3.74. The first kappa shape index (κ1) is 22.2. The molecule has 10 heteroatoms. The highest BCUT2D eigenvalue weighted by Gasteiger charge is 2.15. The predicted molar refractivity (Wildman–Crippen MR) is 122 cm³/mol. The summed E-state index contributed by atoms with van der Waals surface area (Å²) < 4.78 is 45.9. The van der Waals surface area contributed by atoms with Gasteiger partial charge in [-0.25, -0.2) is 9.37 Å². The fourth-order valence-electron chi connectivity index (χ4n) is 3.74. The molecule has 5 aromatic rings. The highest BCUT2D eigenvalue weighted by molar-refractivity contribution is 5.95. The van der Waals surface area contributed by atoms with E-state index in [0.29, 0.717) is 22.5 Å². The van der Waals surface area contributed by atoms with Gasteiger partial charge in [0.1, 0.15) is 17.2 Å². The van der Waals surface area contributed by atoms with Crippen molar-refractivity contribution >= 4 is 11.6 Å². The lowest BCUT2D eigenvalue weighted by Gasteiger charge is -2.10. The van der Waals surface area contributed by atoms with Crippen LogP contribution in [-0.2, 0) is 6.54 Å². The molecule has 0 atom stereocenters. The van der Waals surface area contributed by atoms with Crippen molar-refractivity contribution in [1.82, 2.24) is 24.9 Å². The molecule has 0 saturated heterocycles. The van der Waals surface area contributed by atoms with E-state index in [1.54, 1.807) is 30.7 Å². The number of aromatic amines is 1. The van der Waals surface area contributed by atoms with Crippen LogP contribution in [0.4, 0.5) is 13.2 Å². The van der Waals surface area contributed by atoms with Crippen molar-refractivity contribution in [2.45, 2.75) is 13.2 Å². The zero-order valence-corrected chi connectivity index (χ0v) is 18.1. The summed E-state index contributed by atoms with van der Waals surface area (Å²) in [4.78, 5) is 16.9. The molecule has 0 aliphatic rings. The second-order valence-corrected chi connectivity index (χ2v) is 7.68. The minimum Gasteiger partial charge on any atom is -0.435 e. The Hall–Kier alpha value is -4.60. The lowest BCUT2D eigenvalue weighted by Crippen LogP contribution is -2.23.